The van der Waals surface area contributed by atoms with E-state index in [1.807, 2.05) is 19.1 Å². The van der Waals surface area contributed by atoms with Gasteiger partial charge >= 0.3 is 0 Å². The van der Waals surface area contributed by atoms with E-state index in [2.05, 4.69) is 30.1 Å². The minimum Gasteiger partial charge on any atom is -0.493 e. The maximum Gasteiger partial charge on any atom is 0.165 e. The second kappa shape index (κ2) is 10.5. The minimum absolute atomic E-state index is 0.649. The van der Waals surface area contributed by atoms with Crippen molar-refractivity contribution in [1.29, 1.82) is 0 Å². The molecule has 4 heteroatoms. The summed E-state index contributed by atoms with van der Waals surface area (Å²) in [5.41, 5.74) is 1.14. The van der Waals surface area contributed by atoms with E-state index in [0.29, 0.717) is 6.61 Å². The molecule has 0 aromatic heterocycles. The lowest BCUT2D eigenvalue weighted by atomic mass is 10.2. The number of ether oxygens (including phenoxy) is 2. The molecule has 1 aromatic carbocycles. The lowest BCUT2D eigenvalue weighted by molar-refractivity contribution is 0.286. The summed E-state index contributed by atoms with van der Waals surface area (Å²) in [6, 6.07) is 6.05. The van der Waals surface area contributed by atoms with Gasteiger partial charge in [-0.3, -0.25) is 0 Å². The highest BCUT2D eigenvalue weighted by Crippen LogP contribution is 2.30. The third-order valence-electron chi connectivity index (χ3n) is 3.47. The Labute approximate surface area is 129 Å². The first kappa shape index (κ1) is 17.8. The third-order valence-corrected chi connectivity index (χ3v) is 3.47. The molecular weight excluding hydrogens is 264 g/mol. The van der Waals surface area contributed by atoms with Gasteiger partial charge in [-0.2, -0.15) is 0 Å². The molecule has 0 radical (unpaired) electrons. The van der Waals surface area contributed by atoms with Crippen LogP contribution in [0.3, 0.4) is 0 Å². The topological polar surface area (TPSA) is 33.7 Å². The van der Waals surface area contributed by atoms with Gasteiger partial charge in [0.2, 0.25) is 0 Å². The molecule has 1 N–H and O–H groups in total. The first-order chi connectivity index (χ1) is 10.3. The Kier molecular flexibility index (Phi) is 8.87. The van der Waals surface area contributed by atoms with E-state index >= 15 is 0 Å². The van der Waals surface area contributed by atoms with Crippen LogP contribution in [0, 0.1) is 0 Å². The van der Waals surface area contributed by atoms with Gasteiger partial charge in [0.05, 0.1) is 13.7 Å². The Morgan fingerprint density at radius 3 is 2.57 bits per heavy atom. The summed E-state index contributed by atoms with van der Waals surface area (Å²) in [6.45, 7) is 12.2. The maximum atomic E-state index is 5.60. The van der Waals surface area contributed by atoms with E-state index in [9.17, 15) is 0 Å². The molecule has 0 heterocycles. The minimum atomic E-state index is 0.649. The van der Waals surface area contributed by atoms with Gasteiger partial charge < -0.3 is 19.7 Å². The second-order valence-corrected chi connectivity index (χ2v) is 4.99. The molecule has 0 bridgehead atoms. The first-order valence-electron chi connectivity index (χ1n) is 7.98. The van der Waals surface area contributed by atoms with Gasteiger partial charge in [0.15, 0.2) is 11.5 Å². The molecule has 0 saturated heterocycles. The summed E-state index contributed by atoms with van der Waals surface area (Å²) in [5, 5.41) is 3.49. The summed E-state index contributed by atoms with van der Waals surface area (Å²) in [6.07, 6.45) is 1.21. The van der Waals surface area contributed by atoms with Gasteiger partial charge in [-0.25, -0.2) is 0 Å². The Balaban J connectivity index is 2.49. The van der Waals surface area contributed by atoms with Crippen LogP contribution in [0.5, 0.6) is 11.5 Å². The van der Waals surface area contributed by atoms with E-state index in [4.69, 9.17) is 9.47 Å². The highest BCUT2D eigenvalue weighted by atomic mass is 16.5. The highest BCUT2D eigenvalue weighted by Gasteiger charge is 2.09. The first-order valence-corrected chi connectivity index (χ1v) is 7.98. The Hall–Kier alpha value is -1.26. The molecule has 0 aliphatic carbocycles. The highest BCUT2D eigenvalue weighted by molar-refractivity contribution is 5.46. The van der Waals surface area contributed by atoms with Crippen molar-refractivity contribution >= 4 is 0 Å². The largest absolute Gasteiger partial charge is 0.493 e. The van der Waals surface area contributed by atoms with Crippen LogP contribution in [0.15, 0.2) is 18.2 Å². The summed E-state index contributed by atoms with van der Waals surface area (Å²) in [7, 11) is 1.70. The molecule has 120 valence electrons. The zero-order chi connectivity index (χ0) is 15.5. The lowest BCUT2D eigenvalue weighted by Crippen LogP contribution is -2.32. The van der Waals surface area contributed by atoms with Gasteiger partial charge in [-0.05, 0) is 32.5 Å². The van der Waals surface area contributed by atoms with E-state index < -0.39 is 0 Å². The fourth-order valence-corrected chi connectivity index (χ4v) is 2.41. The smallest absolute Gasteiger partial charge is 0.165 e. The van der Waals surface area contributed by atoms with Crippen molar-refractivity contribution < 1.29 is 9.47 Å². The fourth-order valence-electron chi connectivity index (χ4n) is 2.41. The van der Waals surface area contributed by atoms with Gasteiger partial charge in [-0.15, -0.1) is 0 Å². The zero-order valence-corrected chi connectivity index (χ0v) is 13.9. The molecule has 1 rings (SSSR count). The average molecular weight is 294 g/mol. The van der Waals surface area contributed by atoms with Crippen LogP contribution in [0.2, 0.25) is 0 Å². The Morgan fingerprint density at radius 2 is 1.95 bits per heavy atom. The number of likely N-dealkylation sites (N-methyl/N-ethyl adjacent to an activating group) is 1. The zero-order valence-electron chi connectivity index (χ0n) is 13.9. The molecule has 0 saturated carbocycles. The molecule has 4 nitrogen and oxygen atoms in total. The number of nitrogens with zero attached hydrogens (tertiary/aromatic N) is 1. The molecule has 21 heavy (non-hydrogen) atoms. The van der Waals surface area contributed by atoms with E-state index in [-0.39, 0.29) is 0 Å². The van der Waals surface area contributed by atoms with Crippen LogP contribution in [0.4, 0.5) is 0 Å². The van der Waals surface area contributed by atoms with Crippen molar-refractivity contribution in [1.82, 2.24) is 10.2 Å². The summed E-state index contributed by atoms with van der Waals surface area (Å²) >= 11 is 0. The maximum absolute atomic E-state index is 5.60. The van der Waals surface area contributed by atoms with E-state index in [1.165, 1.54) is 13.0 Å². The summed E-state index contributed by atoms with van der Waals surface area (Å²) in [4.78, 5) is 2.46. The average Bonchev–Trinajstić information content (AvgIpc) is 2.50. The number of para-hydroxylation sites is 1. The van der Waals surface area contributed by atoms with Gasteiger partial charge in [0.25, 0.3) is 0 Å². The van der Waals surface area contributed by atoms with E-state index in [1.54, 1.807) is 7.11 Å². The van der Waals surface area contributed by atoms with Crippen molar-refractivity contribution in [3.05, 3.63) is 23.8 Å². The third kappa shape index (κ3) is 5.94. The standard InChI is InChI=1S/C17H30N2O2/c1-5-12-19(6-2)13-11-18-14-15-9-8-10-16(21-7-3)17(15)20-4/h8-10,18H,5-7,11-14H2,1-4H3. The van der Waals surface area contributed by atoms with Crippen LogP contribution in [-0.2, 0) is 6.54 Å². The SMILES string of the molecule is CCCN(CC)CCNCc1cccc(OCC)c1OC. The number of methoxy groups -OCH3 is 1. The molecule has 1 aromatic rings. The number of rotatable bonds is 11. The van der Waals surface area contributed by atoms with Gasteiger partial charge in [0.1, 0.15) is 0 Å². The molecular formula is C17H30N2O2. The molecule has 0 aliphatic heterocycles. The van der Waals surface area contributed by atoms with Crippen LogP contribution < -0.4 is 14.8 Å². The molecule has 0 amide bonds. The Bertz CT molecular complexity index is 396. The molecule has 0 unspecified atom stereocenters. The van der Waals surface area contributed by atoms with Crippen LogP contribution in [0.25, 0.3) is 0 Å². The predicted molar refractivity (Wildman–Crippen MR) is 88.3 cm³/mol. The Morgan fingerprint density at radius 1 is 1.14 bits per heavy atom. The van der Waals surface area contributed by atoms with Crippen LogP contribution in [-0.4, -0.2) is 44.8 Å². The van der Waals surface area contributed by atoms with Crippen molar-refractivity contribution in [3.8, 4) is 11.5 Å². The van der Waals surface area contributed by atoms with Crippen molar-refractivity contribution in [3.63, 3.8) is 0 Å². The number of hydrogen-bond donors (Lipinski definition) is 1. The van der Waals surface area contributed by atoms with Crippen molar-refractivity contribution in [2.75, 3.05) is 39.9 Å². The quantitative estimate of drug-likeness (QED) is 0.636. The number of hydrogen-bond acceptors (Lipinski definition) is 4. The van der Waals surface area contributed by atoms with Crippen LogP contribution in [0.1, 0.15) is 32.8 Å². The lowest BCUT2D eigenvalue weighted by Gasteiger charge is -2.20. The van der Waals surface area contributed by atoms with Crippen molar-refractivity contribution in [2.24, 2.45) is 0 Å². The molecule has 0 spiro atoms. The summed E-state index contributed by atoms with van der Waals surface area (Å²) in [5.74, 6) is 1.66. The van der Waals surface area contributed by atoms with Crippen LogP contribution >= 0.6 is 0 Å². The predicted octanol–water partition coefficient (Wildman–Crippen LogP) is 2.92. The molecule has 0 aliphatic rings. The van der Waals surface area contributed by atoms with Crippen molar-refractivity contribution in [2.45, 2.75) is 33.7 Å². The van der Waals surface area contributed by atoms with Gasteiger partial charge in [0, 0.05) is 25.2 Å². The normalized spacial score (nSPS) is 10.9. The fraction of sp³-hybridized carbons (Fsp3) is 0.647. The summed E-state index contributed by atoms with van der Waals surface area (Å²) < 4.78 is 11.1. The number of nitrogens with one attached hydrogen (secondary N) is 1. The second-order valence-electron chi connectivity index (χ2n) is 4.99. The molecule has 0 fully saturated rings. The number of benzene rings is 1. The van der Waals surface area contributed by atoms with E-state index in [0.717, 1.165) is 43.2 Å². The monoisotopic (exact) mass is 294 g/mol. The molecule has 0 atom stereocenters. The van der Waals surface area contributed by atoms with Gasteiger partial charge in [-0.1, -0.05) is 26.0 Å².